The van der Waals surface area contributed by atoms with Gasteiger partial charge in [-0.3, -0.25) is 4.79 Å². The zero-order valence-electron chi connectivity index (χ0n) is 30.6. The third-order valence-electron chi connectivity index (χ3n) is 14.6. The van der Waals surface area contributed by atoms with Gasteiger partial charge in [-0.2, -0.15) is 0 Å². The number of alkyl carbamates (subject to hydrolysis) is 2. The van der Waals surface area contributed by atoms with Crippen LogP contribution < -0.4 is 10.6 Å². The lowest BCUT2D eigenvalue weighted by Gasteiger charge is -2.63. The summed E-state index contributed by atoms with van der Waals surface area (Å²) in [5.74, 6) is 1.67. The Hall–Kier alpha value is -3.81. The third-order valence-corrected chi connectivity index (χ3v) is 14.6. The molecule has 2 aromatic rings. The van der Waals surface area contributed by atoms with E-state index in [0.717, 1.165) is 51.4 Å². The maximum Gasteiger partial charge on any atom is 0.407 e. The lowest BCUT2D eigenvalue weighted by atomic mass is 9.43. The first-order valence-corrected chi connectivity index (χ1v) is 19.4. The highest BCUT2D eigenvalue weighted by Gasteiger charge is 2.63. The van der Waals surface area contributed by atoms with E-state index in [9.17, 15) is 19.5 Å². The van der Waals surface area contributed by atoms with E-state index in [1.165, 1.54) is 22.3 Å². The second-order valence-electron chi connectivity index (χ2n) is 16.9. The van der Waals surface area contributed by atoms with Crippen LogP contribution in [0.25, 0.3) is 11.1 Å². The summed E-state index contributed by atoms with van der Waals surface area (Å²) in [4.78, 5) is 38.0. The maximum atomic E-state index is 13.9. The predicted molar refractivity (Wildman–Crippen MR) is 197 cm³/mol. The summed E-state index contributed by atoms with van der Waals surface area (Å²) < 4.78 is 11.4. The first-order chi connectivity index (χ1) is 24.5. The third kappa shape index (κ3) is 6.57. The molecule has 0 heterocycles. The van der Waals surface area contributed by atoms with Crippen molar-refractivity contribution in [1.29, 1.82) is 0 Å². The fourth-order valence-corrected chi connectivity index (χ4v) is 12.2. The topological polar surface area (TPSA) is 114 Å². The maximum absolute atomic E-state index is 13.9. The minimum absolute atomic E-state index is 0.00239. The van der Waals surface area contributed by atoms with Gasteiger partial charge >= 0.3 is 18.2 Å². The molecule has 0 spiro atoms. The second kappa shape index (κ2) is 14.3. The minimum atomic E-state index is -0.720. The molecule has 10 atom stereocenters. The van der Waals surface area contributed by atoms with E-state index in [-0.39, 0.29) is 54.6 Å². The van der Waals surface area contributed by atoms with Crippen molar-refractivity contribution >= 4 is 18.2 Å². The molecule has 3 N–H and O–H groups in total. The number of hydrogen-bond donors (Lipinski definition) is 3. The molecule has 0 aliphatic heterocycles. The average Bonchev–Trinajstić information content (AvgIpc) is 3.64. The first kappa shape index (κ1) is 35.6. The van der Waals surface area contributed by atoms with Crippen LogP contribution in [0.1, 0.15) is 102 Å². The molecule has 5 aliphatic rings. The predicted octanol–water partition coefficient (Wildman–Crippen LogP) is 8.94. The number of nitrogens with one attached hydrogen (secondary N) is 2. The number of carboxylic acids is 1. The van der Waals surface area contributed by atoms with Crippen LogP contribution in [-0.4, -0.2) is 48.6 Å². The van der Waals surface area contributed by atoms with Crippen LogP contribution in [0.3, 0.4) is 0 Å². The van der Waals surface area contributed by atoms with Crippen LogP contribution in [0, 0.1) is 46.3 Å². The first-order valence-electron chi connectivity index (χ1n) is 19.4. The standard InChI is InChI=1S/C43H56N2O6/c1-5-22-50-40(48)44-28-18-20-42(3)27(23-28)24-37(39-35-16-15-34(26(2)14-17-38(46)47)43(35,4)21-19-36(39)42)45-41(49)51-25-33-31-12-8-6-10-29(31)30-11-7-9-13-32(30)33/h5-13,26-28,33-37,39H,1,14-25H2,2-4H3,(H,44,48)(H,45,49)(H,46,47)/t26?,27-,28-,34?,35?,36?,37-,39?,42+,43-/m1/s1. The summed E-state index contributed by atoms with van der Waals surface area (Å²) in [6.45, 7) is 11.3. The number of benzene rings is 2. The Morgan fingerprint density at radius 2 is 1.53 bits per heavy atom. The quantitative estimate of drug-likeness (QED) is 0.214. The Bertz CT molecular complexity index is 1600. The molecule has 8 nitrogen and oxygen atoms in total. The Labute approximate surface area is 303 Å². The Morgan fingerprint density at radius 3 is 2.22 bits per heavy atom. The molecule has 7 rings (SSSR count). The number of carbonyl (C=O) groups excluding carboxylic acids is 2. The second-order valence-corrected chi connectivity index (χ2v) is 16.9. The monoisotopic (exact) mass is 696 g/mol. The molecule has 2 aromatic carbocycles. The lowest BCUT2D eigenvalue weighted by Crippen LogP contribution is -2.63. The molecule has 2 amide bonds. The van der Waals surface area contributed by atoms with Crippen LogP contribution in [0.15, 0.2) is 61.2 Å². The van der Waals surface area contributed by atoms with Gasteiger partial charge in [-0.1, -0.05) is 82.0 Å². The highest BCUT2D eigenvalue weighted by molar-refractivity contribution is 5.79. The minimum Gasteiger partial charge on any atom is -0.481 e. The van der Waals surface area contributed by atoms with Crippen LogP contribution >= 0.6 is 0 Å². The summed E-state index contributed by atoms with van der Waals surface area (Å²) in [5, 5.41) is 16.0. The van der Waals surface area contributed by atoms with Crippen molar-refractivity contribution in [1.82, 2.24) is 10.6 Å². The number of hydrogen-bond acceptors (Lipinski definition) is 5. The molecule has 5 unspecified atom stereocenters. The SMILES string of the molecule is C=CCOC(=O)N[C@@H]1CC[C@]2(C)C3CC[C@]4(C)C(C(C)CCC(=O)O)CCC4C3[C@H](NC(=O)OCC3c4ccccc4-c4ccccc43)C[C@H]2C1. The van der Waals surface area contributed by atoms with Gasteiger partial charge in [-0.25, -0.2) is 9.59 Å². The Morgan fingerprint density at radius 1 is 0.882 bits per heavy atom. The molecular formula is C43H56N2O6. The number of fused-ring (bicyclic) bond motifs is 8. The fraction of sp³-hybridized carbons (Fsp3) is 0.605. The van der Waals surface area contributed by atoms with E-state index in [1.54, 1.807) is 6.08 Å². The summed E-state index contributed by atoms with van der Waals surface area (Å²) in [6, 6.07) is 16.8. The van der Waals surface area contributed by atoms with E-state index in [4.69, 9.17) is 9.47 Å². The zero-order valence-corrected chi connectivity index (χ0v) is 30.6. The van der Waals surface area contributed by atoms with Gasteiger partial charge in [0.15, 0.2) is 0 Å². The molecule has 8 heteroatoms. The summed E-state index contributed by atoms with van der Waals surface area (Å²) in [7, 11) is 0. The van der Waals surface area contributed by atoms with Crippen molar-refractivity contribution in [3.8, 4) is 11.1 Å². The summed E-state index contributed by atoms with van der Waals surface area (Å²) in [5.41, 5.74) is 5.03. The molecular weight excluding hydrogens is 640 g/mol. The van der Waals surface area contributed by atoms with E-state index in [1.807, 2.05) is 0 Å². The highest BCUT2D eigenvalue weighted by Crippen LogP contribution is 2.68. The largest absolute Gasteiger partial charge is 0.481 e. The van der Waals surface area contributed by atoms with E-state index < -0.39 is 12.1 Å². The van der Waals surface area contributed by atoms with Gasteiger partial charge in [0, 0.05) is 24.4 Å². The van der Waals surface area contributed by atoms with Crippen molar-refractivity contribution in [2.75, 3.05) is 13.2 Å². The van der Waals surface area contributed by atoms with Crippen molar-refractivity contribution in [2.45, 2.75) is 103 Å². The average molecular weight is 697 g/mol. The summed E-state index contributed by atoms with van der Waals surface area (Å²) in [6.07, 6.45) is 9.90. The van der Waals surface area contributed by atoms with E-state index >= 15 is 0 Å². The van der Waals surface area contributed by atoms with Gasteiger partial charge in [0.05, 0.1) is 0 Å². The Balaban J connectivity index is 1.12. The van der Waals surface area contributed by atoms with Crippen molar-refractivity contribution in [2.24, 2.45) is 46.3 Å². The lowest BCUT2D eigenvalue weighted by molar-refractivity contribution is -0.138. The zero-order chi connectivity index (χ0) is 35.9. The number of aliphatic carboxylic acids is 1. The molecule has 5 aliphatic carbocycles. The Kier molecular flexibility index (Phi) is 9.98. The number of ether oxygens (including phenoxy) is 2. The van der Waals surface area contributed by atoms with Gasteiger partial charge in [-0.15, -0.1) is 0 Å². The number of carboxylic acid groups (broad SMARTS) is 1. The fourth-order valence-electron chi connectivity index (χ4n) is 12.2. The van der Waals surface area contributed by atoms with Crippen molar-refractivity contribution < 1.29 is 29.0 Å². The van der Waals surface area contributed by atoms with Gasteiger partial charge < -0.3 is 25.2 Å². The molecule has 4 fully saturated rings. The van der Waals surface area contributed by atoms with Gasteiger partial charge in [-0.05, 0) is 126 Å². The molecule has 4 saturated carbocycles. The molecule has 51 heavy (non-hydrogen) atoms. The van der Waals surface area contributed by atoms with E-state index in [2.05, 4.69) is 86.5 Å². The smallest absolute Gasteiger partial charge is 0.407 e. The molecule has 274 valence electrons. The number of carbonyl (C=O) groups is 3. The number of rotatable bonds is 10. The molecule has 0 bridgehead atoms. The van der Waals surface area contributed by atoms with Crippen LogP contribution in [0.4, 0.5) is 9.59 Å². The normalized spacial score (nSPS) is 34.1. The molecule has 0 aromatic heterocycles. The number of amides is 2. The summed E-state index contributed by atoms with van der Waals surface area (Å²) >= 11 is 0. The highest BCUT2D eigenvalue weighted by atomic mass is 16.6. The van der Waals surface area contributed by atoms with Gasteiger partial charge in [0.25, 0.3) is 0 Å². The molecule has 0 saturated heterocycles. The van der Waals surface area contributed by atoms with Gasteiger partial charge in [0.2, 0.25) is 0 Å². The van der Waals surface area contributed by atoms with Crippen LogP contribution in [0.2, 0.25) is 0 Å². The molecule has 0 radical (unpaired) electrons. The van der Waals surface area contributed by atoms with Crippen LogP contribution in [0.5, 0.6) is 0 Å². The van der Waals surface area contributed by atoms with Crippen molar-refractivity contribution in [3.05, 3.63) is 72.3 Å². The van der Waals surface area contributed by atoms with Crippen molar-refractivity contribution in [3.63, 3.8) is 0 Å². The van der Waals surface area contributed by atoms with E-state index in [0.29, 0.717) is 41.9 Å². The van der Waals surface area contributed by atoms with Crippen LogP contribution in [-0.2, 0) is 14.3 Å². The van der Waals surface area contributed by atoms with Gasteiger partial charge in [0.1, 0.15) is 13.2 Å².